The second-order valence-corrected chi connectivity index (χ2v) is 7.33. The molecular weight excluding hydrogens is 396 g/mol. The third-order valence-electron chi connectivity index (χ3n) is 4.76. The fourth-order valence-electron chi connectivity index (χ4n) is 3.05. The summed E-state index contributed by atoms with van der Waals surface area (Å²) in [5.74, 6) is 1.94. The van der Waals surface area contributed by atoms with Crippen molar-refractivity contribution >= 4 is 17.5 Å². The van der Waals surface area contributed by atoms with Crippen LogP contribution in [0.1, 0.15) is 32.3 Å². The summed E-state index contributed by atoms with van der Waals surface area (Å²) in [6.45, 7) is 5.39. The van der Waals surface area contributed by atoms with Crippen LogP contribution in [0.2, 0.25) is 0 Å². The van der Waals surface area contributed by atoms with Crippen LogP contribution in [0.15, 0.2) is 42.5 Å². The molecule has 1 aliphatic carbocycles. The SMILES string of the molecule is CCOc1ccc(CCNC(=O)COc2cccc(NC(=O)C3CC3)c2)cc1OCC. The lowest BCUT2D eigenvalue weighted by Gasteiger charge is -2.13. The largest absolute Gasteiger partial charge is 0.490 e. The fourth-order valence-corrected chi connectivity index (χ4v) is 3.05. The van der Waals surface area contributed by atoms with Crippen molar-refractivity contribution < 1.29 is 23.8 Å². The highest BCUT2D eigenvalue weighted by atomic mass is 16.5. The summed E-state index contributed by atoms with van der Waals surface area (Å²) >= 11 is 0. The second-order valence-electron chi connectivity index (χ2n) is 7.33. The molecule has 31 heavy (non-hydrogen) atoms. The van der Waals surface area contributed by atoms with Gasteiger partial charge in [0, 0.05) is 24.2 Å². The van der Waals surface area contributed by atoms with Gasteiger partial charge in [-0.15, -0.1) is 0 Å². The van der Waals surface area contributed by atoms with Crippen LogP contribution in [-0.4, -0.2) is 38.2 Å². The van der Waals surface area contributed by atoms with Crippen molar-refractivity contribution in [1.29, 1.82) is 0 Å². The van der Waals surface area contributed by atoms with E-state index in [4.69, 9.17) is 14.2 Å². The van der Waals surface area contributed by atoms with Gasteiger partial charge in [-0.05, 0) is 62.9 Å². The predicted molar refractivity (Wildman–Crippen MR) is 119 cm³/mol. The third-order valence-corrected chi connectivity index (χ3v) is 4.76. The Morgan fingerprint density at radius 3 is 2.48 bits per heavy atom. The molecule has 1 saturated carbocycles. The van der Waals surface area contributed by atoms with Gasteiger partial charge < -0.3 is 24.8 Å². The van der Waals surface area contributed by atoms with Crippen LogP contribution in [0.3, 0.4) is 0 Å². The molecule has 0 heterocycles. The quantitative estimate of drug-likeness (QED) is 0.542. The van der Waals surface area contributed by atoms with E-state index in [0.29, 0.717) is 43.4 Å². The van der Waals surface area contributed by atoms with Gasteiger partial charge in [-0.1, -0.05) is 12.1 Å². The highest BCUT2D eigenvalue weighted by molar-refractivity contribution is 5.94. The zero-order chi connectivity index (χ0) is 22.1. The Balaban J connectivity index is 1.42. The molecule has 0 unspecified atom stereocenters. The number of hydrogen-bond donors (Lipinski definition) is 2. The lowest BCUT2D eigenvalue weighted by molar-refractivity contribution is -0.123. The normalized spacial score (nSPS) is 12.7. The Morgan fingerprint density at radius 2 is 1.74 bits per heavy atom. The van der Waals surface area contributed by atoms with Gasteiger partial charge in [-0.25, -0.2) is 0 Å². The average Bonchev–Trinajstić information content (AvgIpc) is 3.60. The highest BCUT2D eigenvalue weighted by Crippen LogP contribution is 2.31. The molecule has 166 valence electrons. The summed E-state index contributed by atoms with van der Waals surface area (Å²) in [6.07, 6.45) is 2.57. The minimum Gasteiger partial charge on any atom is -0.490 e. The van der Waals surface area contributed by atoms with Crippen molar-refractivity contribution in [1.82, 2.24) is 5.32 Å². The molecule has 0 radical (unpaired) electrons. The van der Waals surface area contributed by atoms with E-state index in [0.717, 1.165) is 24.2 Å². The minimum atomic E-state index is -0.205. The van der Waals surface area contributed by atoms with Gasteiger partial charge in [-0.3, -0.25) is 9.59 Å². The van der Waals surface area contributed by atoms with E-state index in [1.54, 1.807) is 24.3 Å². The maximum absolute atomic E-state index is 12.1. The van der Waals surface area contributed by atoms with E-state index >= 15 is 0 Å². The summed E-state index contributed by atoms with van der Waals surface area (Å²) in [7, 11) is 0. The molecule has 2 amide bonds. The molecule has 2 N–H and O–H groups in total. The molecule has 1 aliphatic rings. The van der Waals surface area contributed by atoms with Gasteiger partial charge in [0.1, 0.15) is 5.75 Å². The van der Waals surface area contributed by atoms with Gasteiger partial charge in [0.15, 0.2) is 18.1 Å². The monoisotopic (exact) mass is 426 g/mol. The summed E-state index contributed by atoms with van der Waals surface area (Å²) in [6, 6.07) is 12.9. The van der Waals surface area contributed by atoms with Crippen LogP contribution in [0.4, 0.5) is 5.69 Å². The topological polar surface area (TPSA) is 85.9 Å². The predicted octanol–water partition coefficient (Wildman–Crippen LogP) is 3.57. The van der Waals surface area contributed by atoms with Crippen molar-refractivity contribution in [2.45, 2.75) is 33.1 Å². The number of amides is 2. The number of anilines is 1. The minimum absolute atomic E-state index is 0.0386. The number of hydrogen-bond acceptors (Lipinski definition) is 5. The number of rotatable bonds is 12. The van der Waals surface area contributed by atoms with Crippen LogP contribution in [0.25, 0.3) is 0 Å². The number of carbonyl (C=O) groups excluding carboxylic acids is 2. The Bertz CT molecular complexity index is 895. The maximum Gasteiger partial charge on any atom is 0.257 e. The molecule has 3 rings (SSSR count). The van der Waals surface area contributed by atoms with Gasteiger partial charge in [0.25, 0.3) is 5.91 Å². The summed E-state index contributed by atoms with van der Waals surface area (Å²) in [5, 5.41) is 5.73. The molecule has 0 aromatic heterocycles. The second kappa shape index (κ2) is 11.2. The van der Waals surface area contributed by atoms with Crippen LogP contribution >= 0.6 is 0 Å². The first-order valence-electron chi connectivity index (χ1n) is 10.8. The molecule has 0 saturated heterocycles. The molecule has 0 atom stereocenters. The van der Waals surface area contributed by atoms with Crippen molar-refractivity contribution in [2.24, 2.45) is 5.92 Å². The molecule has 2 aromatic rings. The average molecular weight is 427 g/mol. The van der Waals surface area contributed by atoms with Crippen molar-refractivity contribution in [3.63, 3.8) is 0 Å². The standard InChI is InChI=1S/C24H30N2O5/c1-3-29-21-11-8-17(14-22(21)30-4-2)12-13-25-23(27)16-31-20-7-5-6-19(15-20)26-24(28)18-9-10-18/h5-8,11,14-15,18H,3-4,9-10,12-13,16H2,1-2H3,(H,25,27)(H,26,28). The third kappa shape index (κ3) is 7.20. The number of carbonyl (C=O) groups is 2. The lowest BCUT2D eigenvalue weighted by Crippen LogP contribution is -2.30. The summed E-state index contributed by atoms with van der Waals surface area (Å²) in [4.78, 5) is 24.0. The van der Waals surface area contributed by atoms with Gasteiger partial charge in [0.05, 0.1) is 13.2 Å². The van der Waals surface area contributed by atoms with Gasteiger partial charge in [0.2, 0.25) is 5.91 Å². The number of nitrogens with one attached hydrogen (secondary N) is 2. The van der Waals surface area contributed by atoms with E-state index in [1.165, 1.54) is 0 Å². The first kappa shape index (κ1) is 22.5. The van der Waals surface area contributed by atoms with E-state index in [-0.39, 0.29) is 24.3 Å². The van der Waals surface area contributed by atoms with E-state index in [9.17, 15) is 9.59 Å². The van der Waals surface area contributed by atoms with Crippen LogP contribution < -0.4 is 24.8 Å². The molecular formula is C24H30N2O5. The Morgan fingerprint density at radius 1 is 0.968 bits per heavy atom. The van der Waals surface area contributed by atoms with E-state index in [1.807, 2.05) is 32.0 Å². The molecule has 1 fully saturated rings. The molecule has 0 spiro atoms. The van der Waals surface area contributed by atoms with Crippen LogP contribution in [0, 0.1) is 5.92 Å². The van der Waals surface area contributed by atoms with E-state index in [2.05, 4.69) is 10.6 Å². The zero-order valence-electron chi connectivity index (χ0n) is 18.1. The number of benzene rings is 2. The maximum atomic E-state index is 12.1. The highest BCUT2D eigenvalue weighted by Gasteiger charge is 2.29. The van der Waals surface area contributed by atoms with Crippen molar-refractivity contribution in [2.75, 3.05) is 31.7 Å². The van der Waals surface area contributed by atoms with Crippen molar-refractivity contribution in [3.05, 3.63) is 48.0 Å². The summed E-state index contributed by atoms with van der Waals surface area (Å²) < 4.78 is 16.8. The molecule has 7 heteroatoms. The molecule has 2 aromatic carbocycles. The Labute approximate surface area is 183 Å². The smallest absolute Gasteiger partial charge is 0.257 e. The molecule has 0 bridgehead atoms. The summed E-state index contributed by atoms with van der Waals surface area (Å²) in [5.41, 5.74) is 1.72. The first-order valence-corrected chi connectivity index (χ1v) is 10.8. The Hall–Kier alpha value is -3.22. The van der Waals surface area contributed by atoms with Crippen LogP contribution in [-0.2, 0) is 16.0 Å². The molecule has 0 aliphatic heterocycles. The number of ether oxygens (including phenoxy) is 3. The Kier molecular flexibility index (Phi) is 8.15. The lowest BCUT2D eigenvalue weighted by atomic mass is 10.1. The molecule has 7 nitrogen and oxygen atoms in total. The first-order chi connectivity index (χ1) is 15.1. The van der Waals surface area contributed by atoms with Gasteiger partial charge in [-0.2, -0.15) is 0 Å². The van der Waals surface area contributed by atoms with E-state index < -0.39 is 0 Å². The zero-order valence-corrected chi connectivity index (χ0v) is 18.1. The van der Waals surface area contributed by atoms with Crippen LogP contribution in [0.5, 0.6) is 17.2 Å². The van der Waals surface area contributed by atoms with Gasteiger partial charge >= 0.3 is 0 Å². The fraction of sp³-hybridized carbons (Fsp3) is 0.417. The van der Waals surface area contributed by atoms with Crippen molar-refractivity contribution in [3.8, 4) is 17.2 Å².